The number of pyridine rings is 1. The van der Waals surface area contributed by atoms with E-state index in [1.807, 2.05) is 0 Å². The zero-order valence-corrected chi connectivity index (χ0v) is 28.3. The van der Waals surface area contributed by atoms with E-state index >= 15 is 0 Å². The van der Waals surface area contributed by atoms with Gasteiger partial charge in [0.25, 0.3) is 0 Å². The van der Waals surface area contributed by atoms with Crippen molar-refractivity contribution in [3.63, 3.8) is 0 Å². The topological polar surface area (TPSA) is 17.8 Å². The number of rotatable bonds is 2. The Hall–Kier alpha value is -6.51. The molecule has 236 valence electrons. The molecule has 0 spiro atoms. The van der Waals surface area contributed by atoms with Gasteiger partial charge in [0.05, 0.1) is 11.2 Å². The number of aromatic nitrogens is 2. The Morgan fingerprint density at radius 2 is 1.06 bits per heavy atom. The van der Waals surface area contributed by atoms with Crippen LogP contribution in [0.5, 0.6) is 0 Å². The summed E-state index contributed by atoms with van der Waals surface area (Å²) < 4.78 is 2.31. The summed E-state index contributed by atoms with van der Waals surface area (Å²) in [7, 11) is 0. The lowest BCUT2D eigenvalue weighted by molar-refractivity contribution is 1.14. The number of benzene rings is 9. The van der Waals surface area contributed by atoms with Crippen LogP contribution in [0.3, 0.4) is 0 Å². The second-order valence-corrected chi connectivity index (χ2v) is 14.5. The van der Waals surface area contributed by atoms with E-state index in [-0.39, 0.29) is 0 Å². The molecule has 1 aliphatic rings. The molecule has 0 amide bonds. The maximum absolute atomic E-state index is 5.47. The lowest BCUT2D eigenvalue weighted by Gasteiger charge is -2.18. The van der Waals surface area contributed by atoms with Gasteiger partial charge in [-0.05, 0) is 144 Å². The normalized spacial score (nSPS) is 12.5. The van der Waals surface area contributed by atoms with E-state index in [4.69, 9.17) is 4.98 Å². The first-order chi connectivity index (χ1) is 25.1. The summed E-state index contributed by atoms with van der Waals surface area (Å²) in [5.41, 5.74) is 13.4. The van der Waals surface area contributed by atoms with E-state index in [1.165, 1.54) is 98.1 Å². The van der Waals surface area contributed by atoms with Crippen LogP contribution in [0.2, 0.25) is 0 Å². The third kappa shape index (κ3) is 3.54. The molecule has 0 unspecified atom stereocenters. The average molecular weight is 647 g/mol. The Morgan fingerprint density at radius 1 is 0.392 bits per heavy atom. The molecule has 0 saturated heterocycles. The van der Waals surface area contributed by atoms with E-state index < -0.39 is 0 Å². The van der Waals surface area contributed by atoms with E-state index in [9.17, 15) is 0 Å². The van der Waals surface area contributed by atoms with Crippen molar-refractivity contribution in [3.05, 3.63) is 157 Å². The van der Waals surface area contributed by atoms with Gasteiger partial charge < -0.3 is 0 Å². The highest BCUT2D eigenvalue weighted by atomic mass is 15.0. The third-order valence-electron chi connectivity index (χ3n) is 11.5. The highest BCUT2D eigenvalue weighted by molar-refractivity contribution is 6.36. The molecule has 51 heavy (non-hydrogen) atoms. The van der Waals surface area contributed by atoms with Crippen LogP contribution in [-0.4, -0.2) is 9.55 Å². The van der Waals surface area contributed by atoms with Crippen LogP contribution in [0.15, 0.2) is 146 Å². The lowest BCUT2D eigenvalue weighted by Crippen LogP contribution is -1.96. The first-order valence-corrected chi connectivity index (χ1v) is 17.8. The summed E-state index contributed by atoms with van der Waals surface area (Å²) in [6.07, 6.45) is 0. The van der Waals surface area contributed by atoms with Gasteiger partial charge in [-0.25, -0.2) is 4.98 Å². The second kappa shape index (κ2) is 9.59. The van der Waals surface area contributed by atoms with Crippen molar-refractivity contribution in [1.29, 1.82) is 0 Å². The molecule has 0 saturated carbocycles. The van der Waals surface area contributed by atoms with Crippen LogP contribution in [-0.2, 0) is 0 Å². The van der Waals surface area contributed by atoms with Crippen LogP contribution in [0.25, 0.3) is 115 Å². The molecule has 9 aromatic carbocycles. The van der Waals surface area contributed by atoms with E-state index in [1.54, 1.807) is 0 Å². The van der Waals surface area contributed by atoms with Crippen molar-refractivity contribution in [1.82, 2.24) is 9.55 Å². The Bertz CT molecular complexity index is 3300. The fourth-order valence-electron chi connectivity index (χ4n) is 9.45. The van der Waals surface area contributed by atoms with Crippen LogP contribution >= 0.6 is 0 Å². The van der Waals surface area contributed by atoms with Gasteiger partial charge >= 0.3 is 0 Å². The van der Waals surface area contributed by atoms with Crippen molar-refractivity contribution in [3.8, 4) is 39.2 Å². The maximum Gasteiger partial charge on any atom is 0.146 e. The number of hydrogen-bond acceptors (Lipinski definition) is 1. The Kier molecular flexibility index (Phi) is 5.14. The van der Waals surface area contributed by atoms with Crippen molar-refractivity contribution < 1.29 is 0 Å². The zero-order chi connectivity index (χ0) is 33.5. The molecule has 2 aromatic heterocycles. The van der Waals surface area contributed by atoms with Gasteiger partial charge in [0.1, 0.15) is 5.65 Å². The summed E-state index contributed by atoms with van der Waals surface area (Å²) in [6, 6.07) is 54.2. The predicted octanol–water partition coefficient (Wildman–Crippen LogP) is 13.3. The number of para-hydroxylation sites is 2. The fourth-order valence-corrected chi connectivity index (χ4v) is 9.45. The van der Waals surface area contributed by atoms with E-state index in [0.29, 0.717) is 0 Å². The van der Waals surface area contributed by atoms with Gasteiger partial charge in [0.15, 0.2) is 0 Å². The second-order valence-electron chi connectivity index (χ2n) is 14.5. The molecular weight excluding hydrogens is 617 g/mol. The van der Waals surface area contributed by atoms with Crippen molar-refractivity contribution in [2.75, 3.05) is 0 Å². The van der Waals surface area contributed by atoms with Gasteiger partial charge in [0.2, 0.25) is 0 Å². The summed E-state index contributed by atoms with van der Waals surface area (Å²) in [6.45, 7) is 4.44. The Morgan fingerprint density at radius 3 is 1.84 bits per heavy atom. The highest BCUT2D eigenvalue weighted by Crippen LogP contribution is 2.52. The largest absolute Gasteiger partial charge is 0.294 e. The smallest absolute Gasteiger partial charge is 0.146 e. The molecule has 2 heterocycles. The number of nitrogens with zero attached hydrogens (tertiary/aromatic N) is 2. The SMILES string of the molecule is Cc1cc2c3c(cc(C)cc3c1)-c1cc3c(cc1-2)c1cccc2ccc4c(-c5ccc6c7ccccc7n(-c7ccccc7)c6n5)ccc3c4c21. The van der Waals surface area contributed by atoms with Crippen LogP contribution in [0, 0.1) is 13.8 Å². The molecule has 0 bridgehead atoms. The minimum Gasteiger partial charge on any atom is -0.294 e. The van der Waals surface area contributed by atoms with Crippen LogP contribution in [0.1, 0.15) is 11.1 Å². The summed E-state index contributed by atoms with van der Waals surface area (Å²) >= 11 is 0. The third-order valence-corrected chi connectivity index (χ3v) is 11.5. The predicted molar refractivity (Wildman–Crippen MR) is 217 cm³/mol. The first-order valence-electron chi connectivity index (χ1n) is 17.8. The molecule has 0 radical (unpaired) electrons. The van der Waals surface area contributed by atoms with Gasteiger partial charge in [0, 0.05) is 22.0 Å². The fraction of sp³-hybridized carbons (Fsp3) is 0.0408. The number of aryl methyl sites for hydroxylation is 2. The minimum atomic E-state index is 0.978. The van der Waals surface area contributed by atoms with Gasteiger partial charge in [-0.1, -0.05) is 103 Å². The molecule has 0 N–H and O–H groups in total. The minimum absolute atomic E-state index is 0.978. The average Bonchev–Trinajstić information content (AvgIpc) is 3.65. The molecule has 2 nitrogen and oxygen atoms in total. The summed E-state index contributed by atoms with van der Waals surface area (Å²) in [5, 5.41) is 15.5. The van der Waals surface area contributed by atoms with Crippen LogP contribution in [0.4, 0.5) is 0 Å². The van der Waals surface area contributed by atoms with E-state index in [2.05, 4.69) is 164 Å². The van der Waals surface area contributed by atoms with Crippen LogP contribution < -0.4 is 0 Å². The Balaban J connectivity index is 1.17. The number of fused-ring (bicyclic) bond motifs is 9. The van der Waals surface area contributed by atoms with Crippen molar-refractivity contribution in [2.45, 2.75) is 13.8 Å². The quantitative estimate of drug-likeness (QED) is 0.135. The monoisotopic (exact) mass is 646 g/mol. The zero-order valence-electron chi connectivity index (χ0n) is 28.3. The van der Waals surface area contributed by atoms with Gasteiger partial charge in [-0.3, -0.25) is 4.57 Å². The van der Waals surface area contributed by atoms with Gasteiger partial charge in [-0.2, -0.15) is 0 Å². The molecule has 2 heteroatoms. The Labute approximate surface area is 294 Å². The standard InChI is InChI=1S/C49H30N2/c1-27-21-30-22-28(2)24-43-41-26-39-36-18-17-32(44-20-19-37-33-12-6-7-14-45(33)51(49(37)50-44)31-10-4-3-5-11-31)35-16-15-29-9-8-13-34(47(29)48(35)36)38(39)25-40(41)42(23-27)46(30)43/h3-26H,1-2H3. The lowest BCUT2D eigenvalue weighted by atomic mass is 9.85. The maximum atomic E-state index is 5.47. The molecule has 1 aliphatic carbocycles. The molecule has 0 aliphatic heterocycles. The molecule has 11 aromatic rings. The summed E-state index contributed by atoms with van der Waals surface area (Å²) in [4.78, 5) is 5.47. The van der Waals surface area contributed by atoms with Crippen molar-refractivity contribution in [2.24, 2.45) is 0 Å². The van der Waals surface area contributed by atoms with Gasteiger partial charge in [-0.15, -0.1) is 0 Å². The highest BCUT2D eigenvalue weighted by Gasteiger charge is 2.25. The summed E-state index contributed by atoms with van der Waals surface area (Å²) in [5.74, 6) is 0. The van der Waals surface area contributed by atoms with Crippen molar-refractivity contribution >= 4 is 75.8 Å². The molecule has 0 atom stereocenters. The molecule has 0 fully saturated rings. The molecule has 12 rings (SSSR count). The van der Waals surface area contributed by atoms with E-state index in [0.717, 1.165) is 28.0 Å². The molecular formula is C49H30N2. The number of hydrogen-bond donors (Lipinski definition) is 0. The first kappa shape index (κ1) is 27.3.